The number of pyridine rings is 1. The number of amides is 2. The number of rotatable bonds is 7. The van der Waals surface area contributed by atoms with Crippen LogP contribution in [0, 0.1) is 13.8 Å². The zero-order chi connectivity index (χ0) is 21.8. The fourth-order valence-electron chi connectivity index (χ4n) is 3.24. The van der Waals surface area contributed by atoms with Gasteiger partial charge in [0.25, 0.3) is 11.8 Å². The fraction of sp³-hybridized carbons (Fsp3) is 0.174. The van der Waals surface area contributed by atoms with E-state index in [4.69, 9.17) is 0 Å². The lowest BCUT2D eigenvalue weighted by Crippen LogP contribution is -2.33. The Bertz CT molecular complexity index is 1130. The quantitative estimate of drug-likeness (QED) is 0.454. The van der Waals surface area contributed by atoms with E-state index >= 15 is 0 Å². The largest absolute Gasteiger partial charge is 0.375 e. The molecule has 0 saturated carbocycles. The highest BCUT2D eigenvalue weighted by Gasteiger charge is 2.39. The summed E-state index contributed by atoms with van der Waals surface area (Å²) in [5, 5.41) is 3.59. The first-order valence-electron chi connectivity index (χ1n) is 9.78. The minimum atomic E-state index is -0.357. The Kier molecular flexibility index (Phi) is 6.08. The fourth-order valence-corrected chi connectivity index (χ4v) is 4.26. The first-order chi connectivity index (χ1) is 15.0. The Balaban J connectivity index is 1.64. The van der Waals surface area contributed by atoms with Gasteiger partial charge in [-0.15, -0.1) is 0 Å². The van der Waals surface area contributed by atoms with Crippen molar-refractivity contribution in [2.75, 3.05) is 0 Å². The Morgan fingerprint density at radius 3 is 2.32 bits per heavy atom. The van der Waals surface area contributed by atoms with Gasteiger partial charge in [0.1, 0.15) is 10.6 Å². The number of thioether (sulfide) groups is 1. The van der Waals surface area contributed by atoms with Crippen LogP contribution in [0.15, 0.2) is 76.7 Å². The molecule has 0 fully saturated rings. The lowest BCUT2D eigenvalue weighted by molar-refractivity contribution is -0.138. The van der Waals surface area contributed by atoms with Gasteiger partial charge in [-0.05, 0) is 48.9 Å². The molecule has 0 aliphatic carbocycles. The van der Waals surface area contributed by atoms with Gasteiger partial charge in [-0.1, -0.05) is 36.4 Å². The van der Waals surface area contributed by atoms with Crippen molar-refractivity contribution in [3.63, 3.8) is 0 Å². The second-order valence-corrected chi connectivity index (χ2v) is 8.11. The summed E-state index contributed by atoms with van der Waals surface area (Å²) in [6.07, 6.45) is 3.41. The van der Waals surface area contributed by atoms with E-state index in [2.05, 4.69) is 20.3 Å². The van der Waals surface area contributed by atoms with Gasteiger partial charge in [-0.3, -0.25) is 19.5 Å². The maximum atomic E-state index is 13.2. The number of carbonyl (C=O) groups excluding carboxylic acids is 2. The Labute approximate surface area is 184 Å². The van der Waals surface area contributed by atoms with E-state index in [-0.39, 0.29) is 24.1 Å². The third kappa shape index (κ3) is 4.80. The number of imide groups is 1. The molecule has 3 aromatic rings. The SMILES string of the molecule is Cc1cc(C)nc(SC2=C(NCc3cccnc3)C(=O)N(Cc3ccccc3)C2=O)n1. The van der Waals surface area contributed by atoms with E-state index in [1.165, 1.54) is 4.90 Å². The molecule has 1 aliphatic rings. The van der Waals surface area contributed by atoms with Crippen molar-refractivity contribution in [1.82, 2.24) is 25.2 Å². The van der Waals surface area contributed by atoms with Gasteiger partial charge in [0.15, 0.2) is 5.16 Å². The van der Waals surface area contributed by atoms with Gasteiger partial charge in [-0.25, -0.2) is 9.97 Å². The Morgan fingerprint density at radius 1 is 0.935 bits per heavy atom. The molecule has 3 heterocycles. The van der Waals surface area contributed by atoms with Crippen LogP contribution in [0.2, 0.25) is 0 Å². The number of carbonyl (C=O) groups is 2. The average molecular weight is 432 g/mol. The van der Waals surface area contributed by atoms with Gasteiger partial charge >= 0.3 is 0 Å². The molecule has 7 nitrogen and oxygen atoms in total. The van der Waals surface area contributed by atoms with Gasteiger partial charge in [0.2, 0.25) is 0 Å². The number of hydrogen-bond acceptors (Lipinski definition) is 7. The third-order valence-electron chi connectivity index (χ3n) is 4.66. The molecule has 0 bridgehead atoms. The highest BCUT2D eigenvalue weighted by Crippen LogP contribution is 2.33. The predicted octanol–water partition coefficient (Wildman–Crippen LogP) is 3.15. The molecule has 31 heavy (non-hydrogen) atoms. The maximum Gasteiger partial charge on any atom is 0.278 e. The van der Waals surface area contributed by atoms with Crippen molar-refractivity contribution < 1.29 is 9.59 Å². The number of benzene rings is 1. The minimum Gasteiger partial charge on any atom is -0.375 e. The highest BCUT2D eigenvalue weighted by molar-refractivity contribution is 8.04. The van der Waals surface area contributed by atoms with Crippen molar-refractivity contribution in [3.05, 3.63) is 94.0 Å². The van der Waals surface area contributed by atoms with Crippen molar-refractivity contribution in [3.8, 4) is 0 Å². The Hall–Kier alpha value is -3.52. The Morgan fingerprint density at radius 2 is 1.65 bits per heavy atom. The molecule has 0 unspecified atom stereocenters. The van der Waals surface area contributed by atoms with Crippen LogP contribution in [-0.2, 0) is 22.7 Å². The predicted molar refractivity (Wildman–Crippen MR) is 117 cm³/mol. The van der Waals surface area contributed by atoms with Crippen LogP contribution >= 0.6 is 11.8 Å². The number of hydrogen-bond donors (Lipinski definition) is 1. The molecule has 156 valence electrons. The van der Waals surface area contributed by atoms with E-state index in [9.17, 15) is 9.59 Å². The summed E-state index contributed by atoms with van der Waals surface area (Å²) < 4.78 is 0. The summed E-state index contributed by atoms with van der Waals surface area (Å²) in [5.74, 6) is -0.708. The average Bonchev–Trinajstić information content (AvgIpc) is 2.97. The molecular weight excluding hydrogens is 410 g/mol. The van der Waals surface area contributed by atoms with Crippen LogP contribution in [0.4, 0.5) is 0 Å². The number of aryl methyl sites for hydroxylation is 2. The van der Waals surface area contributed by atoms with Gasteiger partial charge in [0.05, 0.1) is 6.54 Å². The van der Waals surface area contributed by atoms with E-state index in [0.29, 0.717) is 16.6 Å². The van der Waals surface area contributed by atoms with Crippen LogP contribution in [0.25, 0.3) is 0 Å². The molecule has 0 radical (unpaired) electrons. The number of nitrogens with one attached hydrogen (secondary N) is 1. The van der Waals surface area contributed by atoms with Gasteiger partial charge in [0, 0.05) is 30.3 Å². The first-order valence-corrected chi connectivity index (χ1v) is 10.6. The van der Waals surface area contributed by atoms with Crippen LogP contribution in [0.1, 0.15) is 22.5 Å². The molecule has 0 spiro atoms. The van der Waals surface area contributed by atoms with Crippen molar-refractivity contribution in [2.24, 2.45) is 0 Å². The standard InChI is InChI=1S/C23H21N5O2S/c1-15-11-16(2)27-23(26-15)31-20-19(25-13-18-9-6-10-24-12-18)21(29)28(22(20)30)14-17-7-4-3-5-8-17/h3-12,25H,13-14H2,1-2H3. The smallest absolute Gasteiger partial charge is 0.278 e. The highest BCUT2D eigenvalue weighted by atomic mass is 32.2. The summed E-state index contributed by atoms with van der Waals surface area (Å²) >= 11 is 1.12. The van der Waals surface area contributed by atoms with Crippen molar-refractivity contribution >= 4 is 23.6 Å². The molecule has 1 N–H and O–H groups in total. The molecule has 8 heteroatoms. The summed E-state index contributed by atoms with van der Waals surface area (Å²) in [6, 6.07) is 15.0. The lowest BCUT2D eigenvalue weighted by atomic mass is 10.2. The summed E-state index contributed by atoms with van der Waals surface area (Å²) in [7, 11) is 0. The van der Waals surface area contributed by atoms with E-state index in [0.717, 1.165) is 34.3 Å². The van der Waals surface area contributed by atoms with Crippen LogP contribution in [0.3, 0.4) is 0 Å². The zero-order valence-corrected chi connectivity index (χ0v) is 18.0. The molecule has 1 aromatic carbocycles. The second kappa shape index (κ2) is 9.09. The molecule has 2 amide bonds. The topological polar surface area (TPSA) is 88.1 Å². The lowest BCUT2D eigenvalue weighted by Gasteiger charge is -2.15. The van der Waals surface area contributed by atoms with Crippen LogP contribution in [0.5, 0.6) is 0 Å². The van der Waals surface area contributed by atoms with Gasteiger partial charge < -0.3 is 5.32 Å². The summed E-state index contributed by atoms with van der Waals surface area (Å²) in [5.41, 5.74) is 3.66. The van der Waals surface area contributed by atoms with Crippen LogP contribution in [-0.4, -0.2) is 31.7 Å². The molecular formula is C23H21N5O2S. The molecule has 0 saturated heterocycles. The van der Waals surface area contributed by atoms with Crippen LogP contribution < -0.4 is 5.32 Å². The minimum absolute atomic E-state index is 0.203. The van der Waals surface area contributed by atoms with E-state index in [1.807, 2.05) is 62.4 Å². The molecule has 0 atom stereocenters. The third-order valence-corrected chi connectivity index (χ3v) is 5.60. The molecule has 1 aliphatic heterocycles. The number of nitrogens with zero attached hydrogens (tertiary/aromatic N) is 4. The first kappa shape index (κ1) is 20.7. The van der Waals surface area contributed by atoms with Crippen molar-refractivity contribution in [1.29, 1.82) is 0 Å². The monoisotopic (exact) mass is 431 g/mol. The van der Waals surface area contributed by atoms with E-state index in [1.54, 1.807) is 12.4 Å². The zero-order valence-electron chi connectivity index (χ0n) is 17.2. The van der Waals surface area contributed by atoms with Gasteiger partial charge in [-0.2, -0.15) is 0 Å². The van der Waals surface area contributed by atoms with Crippen molar-refractivity contribution in [2.45, 2.75) is 32.1 Å². The molecule has 4 rings (SSSR count). The van der Waals surface area contributed by atoms with E-state index < -0.39 is 0 Å². The summed E-state index contributed by atoms with van der Waals surface area (Å²) in [4.78, 5) is 40.9. The normalized spacial score (nSPS) is 13.8. The molecule has 2 aromatic heterocycles. The summed E-state index contributed by atoms with van der Waals surface area (Å²) in [6.45, 7) is 4.32. The second-order valence-electron chi connectivity index (χ2n) is 7.14. The number of aromatic nitrogens is 3. The maximum absolute atomic E-state index is 13.2.